The summed E-state index contributed by atoms with van der Waals surface area (Å²) in [7, 11) is 0. The summed E-state index contributed by atoms with van der Waals surface area (Å²) < 4.78 is 1.94. The number of rotatable bonds is 1. The molecule has 1 aliphatic heterocycles. The van der Waals surface area contributed by atoms with Crippen LogP contribution in [0.5, 0.6) is 0 Å². The summed E-state index contributed by atoms with van der Waals surface area (Å²) in [5.41, 5.74) is 2.33. The van der Waals surface area contributed by atoms with E-state index in [-0.39, 0.29) is 4.75 Å². The van der Waals surface area contributed by atoms with Crippen molar-refractivity contribution >= 4 is 12.6 Å². The molecule has 0 radical (unpaired) electrons. The molecule has 0 bridgehead atoms. The Balaban J connectivity index is 2.36. The molecule has 0 saturated carbocycles. The van der Waals surface area contributed by atoms with Gasteiger partial charge in [-0.15, -0.1) is 0 Å². The average molecular weight is 197 g/mol. The van der Waals surface area contributed by atoms with E-state index in [0.29, 0.717) is 0 Å². The number of thiol groups is 1. The highest BCUT2D eigenvalue weighted by molar-refractivity contribution is 7.81. The van der Waals surface area contributed by atoms with E-state index in [1.54, 1.807) is 0 Å². The van der Waals surface area contributed by atoms with Gasteiger partial charge in [0.25, 0.3) is 0 Å². The first kappa shape index (κ1) is 9.09. The standard InChI is InChI=1S/C9H15N3S/c1-9(2,13)8-5-7-6-10-3-4-12(7)11-8/h5,10,13H,3-4,6H2,1-2H3. The van der Waals surface area contributed by atoms with Crippen LogP contribution in [0.15, 0.2) is 6.07 Å². The van der Waals surface area contributed by atoms with Gasteiger partial charge in [0.05, 0.1) is 22.7 Å². The molecule has 1 aromatic heterocycles. The van der Waals surface area contributed by atoms with Crippen molar-refractivity contribution < 1.29 is 0 Å². The number of aromatic nitrogens is 2. The van der Waals surface area contributed by atoms with E-state index >= 15 is 0 Å². The van der Waals surface area contributed by atoms with Gasteiger partial charge in [0.2, 0.25) is 0 Å². The third kappa shape index (κ3) is 1.74. The van der Waals surface area contributed by atoms with Gasteiger partial charge >= 0.3 is 0 Å². The lowest BCUT2D eigenvalue weighted by atomic mass is 10.1. The van der Waals surface area contributed by atoms with Gasteiger partial charge < -0.3 is 5.32 Å². The normalized spacial score (nSPS) is 17.2. The zero-order valence-electron chi connectivity index (χ0n) is 8.04. The second kappa shape index (κ2) is 3.03. The lowest BCUT2D eigenvalue weighted by molar-refractivity contribution is 0.471. The smallest absolute Gasteiger partial charge is 0.0780 e. The van der Waals surface area contributed by atoms with E-state index in [1.165, 1.54) is 5.69 Å². The maximum absolute atomic E-state index is 4.52. The van der Waals surface area contributed by atoms with Gasteiger partial charge in [-0.3, -0.25) is 4.68 Å². The largest absolute Gasteiger partial charge is 0.309 e. The molecule has 2 heterocycles. The van der Waals surface area contributed by atoms with Crippen molar-refractivity contribution in [2.24, 2.45) is 0 Å². The minimum absolute atomic E-state index is 0.135. The molecule has 0 atom stereocenters. The Bertz CT molecular complexity index is 288. The number of nitrogens with one attached hydrogen (secondary N) is 1. The van der Waals surface area contributed by atoms with Crippen molar-refractivity contribution in [3.8, 4) is 0 Å². The second-order valence-corrected chi connectivity index (χ2v) is 5.10. The Morgan fingerprint density at radius 2 is 2.38 bits per heavy atom. The third-order valence-corrected chi connectivity index (χ3v) is 2.53. The highest BCUT2D eigenvalue weighted by Gasteiger charge is 2.21. The van der Waals surface area contributed by atoms with Crippen LogP contribution in [0.25, 0.3) is 0 Å². The van der Waals surface area contributed by atoms with E-state index in [0.717, 1.165) is 25.3 Å². The van der Waals surface area contributed by atoms with Crippen LogP contribution in [0.3, 0.4) is 0 Å². The van der Waals surface area contributed by atoms with Gasteiger partial charge in [0.15, 0.2) is 0 Å². The summed E-state index contributed by atoms with van der Waals surface area (Å²) in [6.45, 7) is 7.05. The topological polar surface area (TPSA) is 29.9 Å². The number of nitrogens with zero attached hydrogens (tertiary/aromatic N) is 2. The van der Waals surface area contributed by atoms with E-state index in [9.17, 15) is 0 Å². The maximum atomic E-state index is 4.52. The molecule has 3 nitrogen and oxygen atoms in total. The minimum Gasteiger partial charge on any atom is -0.309 e. The molecule has 0 saturated heterocycles. The molecule has 0 aromatic carbocycles. The third-order valence-electron chi connectivity index (χ3n) is 2.30. The highest BCUT2D eigenvalue weighted by atomic mass is 32.1. The molecule has 4 heteroatoms. The lowest BCUT2D eigenvalue weighted by Crippen LogP contribution is -2.28. The summed E-state index contributed by atoms with van der Waals surface area (Å²) in [6, 6.07) is 2.14. The predicted octanol–water partition coefficient (Wildman–Crippen LogP) is 1.15. The zero-order valence-corrected chi connectivity index (χ0v) is 8.93. The first-order chi connectivity index (χ1) is 6.07. The van der Waals surface area contributed by atoms with Crippen molar-refractivity contribution in [1.82, 2.24) is 15.1 Å². The van der Waals surface area contributed by atoms with Crippen LogP contribution < -0.4 is 5.32 Å². The zero-order chi connectivity index (χ0) is 9.47. The first-order valence-corrected chi connectivity index (χ1v) is 5.02. The molecular formula is C9H15N3S. The van der Waals surface area contributed by atoms with Crippen LogP contribution in [0.2, 0.25) is 0 Å². The van der Waals surface area contributed by atoms with E-state index in [2.05, 4.69) is 47.6 Å². The van der Waals surface area contributed by atoms with Crippen molar-refractivity contribution in [3.05, 3.63) is 17.5 Å². The molecule has 2 rings (SSSR count). The van der Waals surface area contributed by atoms with Crippen molar-refractivity contribution in [2.75, 3.05) is 6.54 Å². The van der Waals surface area contributed by atoms with Crippen LogP contribution in [0, 0.1) is 0 Å². The SMILES string of the molecule is CC(C)(S)c1cc2n(n1)CCNC2. The maximum Gasteiger partial charge on any atom is 0.0780 e. The van der Waals surface area contributed by atoms with Crippen LogP contribution in [-0.4, -0.2) is 16.3 Å². The van der Waals surface area contributed by atoms with E-state index < -0.39 is 0 Å². The van der Waals surface area contributed by atoms with Crippen molar-refractivity contribution in [2.45, 2.75) is 31.7 Å². The molecule has 72 valence electrons. The van der Waals surface area contributed by atoms with Gasteiger partial charge in [-0.05, 0) is 19.9 Å². The molecule has 1 N–H and O–H groups in total. The summed E-state index contributed by atoms with van der Waals surface area (Å²) in [6.07, 6.45) is 0. The van der Waals surface area contributed by atoms with Gasteiger partial charge in [-0.2, -0.15) is 17.7 Å². The lowest BCUT2D eigenvalue weighted by Gasteiger charge is -2.14. The van der Waals surface area contributed by atoms with Gasteiger partial charge in [-0.25, -0.2) is 0 Å². The highest BCUT2D eigenvalue weighted by Crippen LogP contribution is 2.26. The molecule has 0 spiro atoms. The quantitative estimate of drug-likeness (QED) is 0.662. The summed E-state index contributed by atoms with van der Waals surface area (Å²) >= 11 is 4.51. The molecule has 1 aliphatic rings. The summed E-state index contributed by atoms with van der Waals surface area (Å²) in [5, 5.41) is 7.84. The Morgan fingerprint density at radius 1 is 1.62 bits per heavy atom. The average Bonchev–Trinajstić information content (AvgIpc) is 2.45. The molecular weight excluding hydrogens is 182 g/mol. The number of fused-ring (bicyclic) bond motifs is 1. The fourth-order valence-electron chi connectivity index (χ4n) is 1.49. The molecule has 1 aromatic rings. The second-order valence-electron chi connectivity index (χ2n) is 3.98. The van der Waals surface area contributed by atoms with E-state index in [4.69, 9.17) is 0 Å². The number of hydrogen-bond donors (Lipinski definition) is 2. The van der Waals surface area contributed by atoms with Crippen LogP contribution >= 0.6 is 12.6 Å². The van der Waals surface area contributed by atoms with Crippen LogP contribution in [0.4, 0.5) is 0 Å². The molecule has 13 heavy (non-hydrogen) atoms. The Labute approximate surface area is 83.9 Å². The Hall–Kier alpha value is -0.480. The number of hydrogen-bond acceptors (Lipinski definition) is 3. The van der Waals surface area contributed by atoms with Gasteiger partial charge in [-0.1, -0.05) is 0 Å². The predicted molar refractivity (Wildman–Crippen MR) is 55.9 cm³/mol. The molecule has 0 aliphatic carbocycles. The van der Waals surface area contributed by atoms with Gasteiger partial charge in [0.1, 0.15) is 0 Å². The summed E-state index contributed by atoms with van der Waals surface area (Å²) in [4.78, 5) is 0. The van der Waals surface area contributed by atoms with Crippen LogP contribution in [0.1, 0.15) is 25.2 Å². The fourth-order valence-corrected chi connectivity index (χ4v) is 1.60. The molecule has 0 amide bonds. The van der Waals surface area contributed by atoms with E-state index in [1.807, 2.05) is 0 Å². The van der Waals surface area contributed by atoms with Gasteiger partial charge in [0, 0.05) is 13.1 Å². The molecule has 0 unspecified atom stereocenters. The Kier molecular flexibility index (Phi) is 2.12. The fraction of sp³-hybridized carbons (Fsp3) is 0.667. The van der Waals surface area contributed by atoms with Crippen molar-refractivity contribution in [1.29, 1.82) is 0 Å². The summed E-state index contributed by atoms with van der Waals surface area (Å²) in [5.74, 6) is 0. The molecule has 0 fully saturated rings. The monoisotopic (exact) mass is 197 g/mol. The first-order valence-electron chi connectivity index (χ1n) is 4.58. The van der Waals surface area contributed by atoms with Crippen LogP contribution in [-0.2, 0) is 17.8 Å². The Morgan fingerprint density at radius 3 is 3.00 bits per heavy atom. The van der Waals surface area contributed by atoms with Crippen molar-refractivity contribution in [3.63, 3.8) is 0 Å². The minimum atomic E-state index is -0.135.